The lowest BCUT2D eigenvalue weighted by Crippen LogP contribution is -2.39. The maximum atomic E-state index is 11.9. The van der Waals surface area contributed by atoms with Gasteiger partial charge in [-0.15, -0.1) is 0 Å². The number of carbonyl (C=O) groups is 1. The molecule has 1 amide bonds. The molecule has 0 aliphatic carbocycles. The van der Waals surface area contributed by atoms with Crippen LogP contribution in [0.3, 0.4) is 0 Å². The van der Waals surface area contributed by atoms with Crippen molar-refractivity contribution >= 4 is 17.5 Å². The fourth-order valence-electron chi connectivity index (χ4n) is 1.86. The fourth-order valence-corrected chi connectivity index (χ4v) is 2.10. The van der Waals surface area contributed by atoms with Crippen LogP contribution in [0.2, 0.25) is 5.02 Å². The van der Waals surface area contributed by atoms with Gasteiger partial charge in [0.2, 0.25) is 5.91 Å². The molecule has 21 heavy (non-hydrogen) atoms. The van der Waals surface area contributed by atoms with E-state index in [2.05, 4.69) is 5.32 Å². The monoisotopic (exact) mass is 309 g/mol. The Kier molecular flexibility index (Phi) is 4.55. The van der Waals surface area contributed by atoms with Crippen molar-refractivity contribution in [3.05, 3.63) is 52.9 Å². The highest BCUT2D eigenvalue weighted by Gasteiger charge is 2.26. The van der Waals surface area contributed by atoms with Gasteiger partial charge in [-0.25, -0.2) is 0 Å². The minimum Gasteiger partial charge on any atom is -0.508 e. The Morgan fingerprint density at radius 1 is 1.43 bits per heavy atom. The van der Waals surface area contributed by atoms with E-state index in [0.29, 0.717) is 16.3 Å². The third-order valence-corrected chi connectivity index (χ3v) is 3.42. The van der Waals surface area contributed by atoms with Crippen LogP contribution in [0.5, 0.6) is 5.75 Å². The third-order valence-electron chi connectivity index (χ3n) is 3.07. The molecule has 0 aliphatic rings. The Morgan fingerprint density at radius 3 is 2.81 bits per heavy atom. The number of aliphatic hydroxyl groups is 1. The van der Waals surface area contributed by atoms with Crippen LogP contribution in [0.25, 0.3) is 0 Å². The molecule has 112 valence electrons. The van der Waals surface area contributed by atoms with Crippen LogP contribution >= 0.6 is 11.6 Å². The van der Waals surface area contributed by atoms with Crippen LogP contribution in [-0.4, -0.2) is 22.7 Å². The lowest BCUT2D eigenvalue weighted by molar-refractivity contribution is -0.121. The van der Waals surface area contributed by atoms with Crippen molar-refractivity contribution in [2.45, 2.75) is 18.9 Å². The Hall–Kier alpha value is -1.98. The molecule has 5 nitrogen and oxygen atoms in total. The summed E-state index contributed by atoms with van der Waals surface area (Å²) < 4.78 is 5.13. The number of hydrogen-bond donors (Lipinski definition) is 3. The van der Waals surface area contributed by atoms with E-state index < -0.39 is 5.60 Å². The average Bonchev–Trinajstić information content (AvgIpc) is 2.95. The molecule has 3 N–H and O–H groups in total. The third kappa shape index (κ3) is 4.00. The van der Waals surface area contributed by atoms with E-state index in [1.165, 1.54) is 18.4 Å². The van der Waals surface area contributed by atoms with E-state index in [0.717, 1.165) is 0 Å². The van der Waals surface area contributed by atoms with Crippen LogP contribution in [0.4, 0.5) is 0 Å². The number of furan rings is 1. The molecule has 0 fully saturated rings. The summed E-state index contributed by atoms with van der Waals surface area (Å²) >= 11 is 5.94. The van der Waals surface area contributed by atoms with Crippen molar-refractivity contribution in [1.82, 2.24) is 5.32 Å². The highest BCUT2D eigenvalue weighted by atomic mass is 35.5. The predicted octanol–water partition coefficient (Wildman–Crippen LogP) is 2.21. The summed E-state index contributed by atoms with van der Waals surface area (Å²) in [6.45, 7) is 1.58. The minimum atomic E-state index is -1.28. The zero-order valence-corrected chi connectivity index (χ0v) is 12.2. The van der Waals surface area contributed by atoms with E-state index in [-0.39, 0.29) is 24.6 Å². The molecule has 0 radical (unpaired) electrons. The number of nitrogens with one attached hydrogen (secondary N) is 1. The summed E-state index contributed by atoms with van der Waals surface area (Å²) in [5.74, 6) is 0.143. The molecule has 1 unspecified atom stereocenters. The first-order chi connectivity index (χ1) is 9.88. The standard InChI is InChI=1S/C15H16ClNO4/c1-15(20,13-3-2-6-21-13)9-17-14(19)7-10-4-5-11(18)8-12(10)16/h2-6,8,18,20H,7,9H2,1H3,(H,17,19). The zero-order chi connectivity index (χ0) is 15.5. The first kappa shape index (κ1) is 15.4. The highest BCUT2D eigenvalue weighted by molar-refractivity contribution is 6.31. The molecule has 2 rings (SSSR count). The van der Waals surface area contributed by atoms with E-state index in [1.807, 2.05) is 0 Å². The molecular weight excluding hydrogens is 294 g/mol. The number of aromatic hydroxyl groups is 1. The van der Waals surface area contributed by atoms with Crippen LogP contribution in [0.1, 0.15) is 18.2 Å². The van der Waals surface area contributed by atoms with Crippen LogP contribution in [-0.2, 0) is 16.8 Å². The van der Waals surface area contributed by atoms with Gasteiger partial charge in [0.15, 0.2) is 0 Å². The summed E-state index contributed by atoms with van der Waals surface area (Å²) in [5, 5.41) is 22.4. The van der Waals surface area contributed by atoms with Gasteiger partial charge in [0.05, 0.1) is 19.2 Å². The number of phenols is 1. The molecule has 0 saturated carbocycles. The first-order valence-electron chi connectivity index (χ1n) is 6.39. The van der Waals surface area contributed by atoms with Gasteiger partial charge in [0, 0.05) is 5.02 Å². The molecule has 2 aromatic rings. The second-order valence-corrected chi connectivity index (χ2v) is 5.39. The normalized spacial score (nSPS) is 13.7. The number of carbonyl (C=O) groups excluding carboxylic acids is 1. The maximum absolute atomic E-state index is 11.9. The molecule has 1 aromatic carbocycles. The first-order valence-corrected chi connectivity index (χ1v) is 6.77. The predicted molar refractivity (Wildman–Crippen MR) is 78.1 cm³/mol. The largest absolute Gasteiger partial charge is 0.508 e. The van der Waals surface area contributed by atoms with Gasteiger partial charge in [-0.2, -0.15) is 0 Å². The minimum absolute atomic E-state index is 0.0229. The van der Waals surface area contributed by atoms with Crippen LogP contribution in [0, 0.1) is 0 Å². The van der Waals surface area contributed by atoms with E-state index in [4.69, 9.17) is 16.0 Å². The highest BCUT2D eigenvalue weighted by Crippen LogP contribution is 2.22. The van der Waals surface area contributed by atoms with E-state index in [9.17, 15) is 15.0 Å². The molecule has 0 saturated heterocycles. The number of hydrogen-bond acceptors (Lipinski definition) is 4. The van der Waals surface area contributed by atoms with Crippen molar-refractivity contribution in [2.24, 2.45) is 0 Å². The zero-order valence-electron chi connectivity index (χ0n) is 11.5. The second-order valence-electron chi connectivity index (χ2n) is 4.98. The van der Waals surface area contributed by atoms with E-state index >= 15 is 0 Å². The van der Waals surface area contributed by atoms with Crippen molar-refractivity contribution in [2.75, 3.05) is 6.54 Å². The number of phenolic OH excluding ortho intramolecular Hbond substituents is 1. The van der Waals surface area contributed by atoms with Crippen molar-refractivity contribution in [1.29, 1.82) is 0 Å². The van der Waals surface area contributed by atoms with Crippen LogP contribution < -0.4 is 5.32 Å². The Morgan fingerprint density at radius 2 is 2.19 bits per heavy atom. The summed E-state index contributed by atoms with van der Waals surface area (Å²) in [7, 11) is 0. The quantitative estimate of drug-likeness (QED) is 0.791. The fraction of sp³-hybridized carbons (Fsp3) is 0.267. The van der Waals surface area contributed by atoms with Gasteiger partial charge in [-0.1, -0.05) is 17.7 Å². The van der Waals surface area contributed by atoms with E-state index in [1.54, 1.807) is 25.1 Å². The molecule has 6 heteroatoms. The summed E-state index contributed by atoms with van der Waals surface area (Å²) in [4.78, 5) is 11.9. The molecular formula is C15H16ClNO4. The lowest BCUT2D eigenvalue weighted by Gasteiger charge is -2.21. The van der Waals surface area contributed by atoms with Crippen LogP contribution in [0.15, 0.2) is 41.0 Å². The van der Waals surface area contributed by atoms with Gasteiger partial charge in [0.25, 0.3) is 0 Å². The average molecular weight is 310 g/mol. The van der Waals surface area contributed by atoms with Crippen molar-refractivity contribution in [3.8, 4) is 5.75 Å². The number of amides is 1. The second kappa shape index (κ2) is 6.20. The molecule has 1 aromatic heterocycles. The molecule has 1 atom stereocenters. The van der Waals surface area contributed by atoms with Gasteiger partial charge in [-0.05, 0) is 36.8 Å². The Balaban J connectivity index is 1.93. The molecule has 0 spiro atoms. The lowest BCUT2D eigenvalue weighted by atomic mass is 10.0. The van der Waals surface area contributed by atoms with Crippen molar-refractivity contribution in [3.63, 3.8) is 0 Å². The van der Waals surface area contributed by atoms with Gasteiger partial charge in [-0.3, -0.25) is 4.79 Å². The molecule has 1 heterocycles. The summed E-state index contributed by atoms with van der Waals surface area (Å²) in [5.41, 5.74) is -0.678. The Labute approximate surface area is 127 Å². The smallest absolute Gasteiger partial charge is 0.224 e. The molecule has 0 bridgehead atoms. The number of halogens is 1. The Bertz CT molecular complexity index is 623. The topological polar surface area (TPSA) is 82.7 Å². The summed E-state index contributed by atoms with van der Waals surface area (Å²) in [6, 6.07) is 7.74. The number of benzene rings is 1. The van der Waals surface area contributed by atoms with Gasteiger partial charge >= 0.3 is 0 Å². The molecule has 0 aliphatic heterocycles. The number of rotatable bonds is 5. The van der Waals surface area contributed by atoms with Gasteiger partial charge < -0.3 is 19.9 Å². The van der Waals surface area contributed by atoms with Gasteiger partial charge in [0.1, 0.15) is 17.1 Å². The SMILES string of the molecule is CC(O)(CNC(=O)Cc1ccc(O)cc1Cl)c1ccco1. The maximum Gasteiger partial charge on any atom is 0.224 e. The van der Waals surface area contributed by atoms with Crippen molar-refractivity contribution < 1.29 is 19.4 Å². The summed E-state index contributed by atoms with van der Waals surface area (Å²) in [6.07, 6.45) is 1.52.